The molecule has 3 heterocycles. The summed E-state index contributed by atoms with van der Waals surface area (Å²) in [6.45, 7) is 9.17. The molecule has 2 aromatic heterocycles. The summed E-state index contributed by atoms with van der Waals surface area (Å²) in [5.74, 6) is 0.881. The maximum Gasteiger partial charge on any atom is 0.230 e. The number of aromatic hydroxyl groups is 1. The molecule has 1 N–H and O–H groups in total. The van der Waals surface area contributed by atoms with E-state index in [-0.39, 0.29) is 11.9 Å². The molecule has 1 aliphatic rings. The van der Waals surface area contributed by atoms with Crippen LogP contribution in [0.4, 0.5) is 0 Å². The van der Waals surface area contributed by atoms with Crippen molar-refractivity contribution in [1.29, 1.82) is 0 Å². The van der Waals surface area contributed by atoms with E-state index < -0.39 is 0 Å². The molecule has 0 saturated carbocycles. The number of aromatic nitrogens is 3. The highest BCUT2D eigenvalue weighted by Gasteiger charge is 2.31. The molecule has 1 atom stereocenters. The van der Waals surface area contributed by atoms with E-state index in [1.54, 1.807) is 4.52 Å². The Bertz CT molecular complexity index is 898. The molecule has 138 valence electrons. The molecule has 1 aliphatic heterocycles. The van der Waals surface area contributed by atoms with Crippen LogP contribution in [-0.4, -0.2) is 62.2 Å². The van der Waals surface area contributed by atoms with Crippen molar-refractivity contribution in [3.05, 3.63) is 45.0 Å². The zero-order valence-corrected chi connectivity index (χ0v) is 17.3. The van der Waals surface area contributed by atoms with Crippen molar-refractivity contribution < 1.29 is 5.11 Å². The smallest absolute Gasteiger partial charge is 0.230 e. The van der Waals surface area contributed by atoms with Crippen LogP contribution in [-0.2, 0) is 0 Å². The van der Waals surface area contributed by atoms with Gasteiger partial charge in [-0.1, -0.05) is 46.3 Å². The van der Waals surface area contributed by atoms with Crippen LogP contribution in [0.5, 0.6) is 5.88 Å². The summed E-state index contributed by atoms with van der Waals surface area (Å²) in [5, 5.41) is 15.2. The van der Waals surface area contributed by atoms with E-state index in [0.29, 0.717) is 5.82 Å². The van der Waals surface area contributed by atoms with Crippen LogP contribution >= 0.6 is 27.3 Å². The first kappa shape index (κ1) is 17.9. The van der Waals surface area contributed by atoms with Gasteiger partial charge >= 0.3 is 0 Å². The fourth-order valence-electron chi connectivity index (χ4n) is 3.54. The number of nitrogens with zero attached hydrogens (tertiary/aromatic N) is 5. The Morgan fingerprint density at radius 1 is 1.19 bits per heavy atom. The molecule has 1 saturated heterocycles. The zero-order chi connectivity index (χ0) is 18.3. The number of aryl methyl sites for hydroxylation is 1. The number of benzene rings is 1. The normalized spacial score (nSPS) is 17.8. The monoisotopic (exact) mass is 435 g/mol. The van der Waals surface area contributed by atoms with Crippen LogP contribution in [0.15, 0.2) is 28.7 Å². The van der Waals surface area contributed by atoms with Crippen molar-refractivity contribution in [2.24, 2.45) is 0 Å². The first-order valence-corrected chi connectivity index (χ1v) is 10.4. The van der Waals surface area contributed by atoms with Gasteiger partial charge in [0.1, 0.15) is 5.82 Å². The number of hydrogen-bond acceptors (Lipinski definition) is 6. The average molecular weight is 436 g/mol. The van der Waals surface area contributed by atoms with Crippen LogP contribution in [0.2, 0.25) is 0 Å². The molecule has 4 rings (SSSR count). The van der Waals surface area contributed by atoms with Crippen molar-refractivity contribution >= 4 is 32.2 Å². The summed E-state index contributed by atoms with van der Waals surface area (Å²) < 4.78 is 2.61. The molecule has 1 unspecified atom stereocenters. The number of likely N-dealkylation sites (N-methyl/N-ethyl adjacent to an activating group) is 1. The molecule has 8 heteroatoms. The number of thiazole rings is 1. The second-order valence-corrected chi connectivity index (χ2v) is 8.49. The van der Waals surface area contributed by atoms with Crippen molar-refractivity contribution in [2.45, 2.75) is 19.9 Å². The number of piperazine rings is 1. The standard InChI is InChI=1S/C18H22BrN5OS/c1-3-22-8-10-23(11-9-22)15(13-4-6-14(19)7-5-13)16-17(25)24-18(26-16)20-12(2)21-24/h4-7,15,25H,3,8-11H2,1-2H3. The van der Waals surface area contributed by atoms with Gasteiger partial charge in [0.05, 0.1) is 10.9 Å². The minimum atomic E-state index is 0.0101. The van der Waals surface area contributed by atoms with Gasteiger partial charge in [-0.3, -0.25) is 4.90 Å². The van der Waals surface area contributed by atoms with Gasteiger partial charge in [0.15, 0.2) is 0 Å². The highest BCUT2D eigenvalue weighted by molar-refractivity contribution is 9.10. The van der Waals surface area contributed by atoms with Gasteiger partial charge in [-0.2, -0.15) is 4.52 Å². The fourth-order valence-corrected chi connectivity index (χ4v) is 4.96. The first-order valence-electron chi connectivity index (χ1n) is 8.83. The fraction of sp³-hybridized carbons (Fsp3) is 0.444. The summed E-state index contributed by atoms with van der Waals surface area (Å²) in [6, 6.07) is 8.38. The number of hydrogen-bond donors (Lipinski definition) is 1. The predicted molar refractivity (Wildman–Crippen MR) is 107 cm³/mol. The highest BCUT2D eigenvalue weighted by atomic mass is 79.9. The second kappa shape index (κ2) is 7.26. The molecule has 1 fully saturated rings. The minimum Gasteiger partial charge on any atom is -0.492 e. The summed E-state index contributed by atoms with van der Waals surface area (Å²) in [4.78, 5) is 11.0. The third kappa shape index (κ3) is 3.26. The Labute approximate surface area is 165 Å². The Balaban J connectivity index is 1.75. The van der Waals surface area contributed by atoms with E-state index in [1.165, 1.54) is 16.9 Å². The number of fused-ring (bicyclic) bond motifs is 1. The topological polar surface area (TPSA) is 56.9 Å². The van der Waals surface area contributed by atoms with Crippen molar-refractivity contribution in [3.8, 4) is 5.88 Å². The molecule has 0 amide bonds. The molecular weight excluding hydrogens is 414 g/mol. The van der Waals surface area contributed by atoms with E-state index in [0.717, 1.165) is 47.0 Å². The van der Waals surface area contributed by atoms with Crippen LogP contribution in [0.3, 0.4) is 0 Å². The summed E-state index contributed by atoms with van der Waals surface area (Å²) >= 11 is 5.04. The molecule has 0 bridgehead atoms. The third-order valence-corrected chi connectivity index (χ3v) is 6.56. The van der Waals surface area contributed by atoms with E-state index in [9.17, 15) is 5.11 Å². The lowest BCUT2D eigenvalue weighted by atomic mass is 10.0. The summed E-state index contributed by atoms with van der Waals surface area (Å²) in [6.07, 6.45) is 0. The Morgan fingerprint density at radius 3 is 2.50 bits per heavy atom. The molecule has 3 aromatic rings. The van der Waals surface area contributed by atoms with Gasteiger partial charge in [0, 0.05) is 30.7 Å². The molecule has 6 nitrogen and oxygen atoms in total. The Kier molecular flexibility index (Phi) is 5.00. The quantitative estimate of drug-likeness (QED) is 0.680. The molecule has 1 aromatic carbocycles. The molecule has 26 heavy (non-hydrogen) atoms. The Hall–Kier alpha value is -1.48. The maximum absolute atomic E-state index is 10.8. The van der Waals surface area contributed by atoms with Crippen LogP contribution in [0.25, 0.3) is 4.96 Å². The van der Waals surface area contributed by atoms with E-state index in [4.69, 9.17) is 0 Å². The van der Waals surface area contributed by atoms with Crippen LogP contribution < -0.4 is 0 Å². The average Bonchev–Trinajstić information content (AvgIpc) is 3.15. The lowest BCUT2D eigenvalue weighted by Crippen LogP contribution is -2.47. The lowest BCUT2D eigenvalue weighted by Gasteiger charge is -2.38. The first-order chi connectivity index (χ1) is 12.6. The van der Waals surface area contributed by atoms with Gasteiger partial charge in [0.25, 0.3) is 0 Å². The van der Waals surface area contributed by atoms with Crippen molar-refractivity contribution in [2.75, 3.05) is 32.7 Å². The van der Waals surface area contributed by atoms with E-state index in [1.807, 2.05) is 6.92 Å². The minimum absolute atomic E-state index is 0.0101. The number of halogens is 1. The van der Waals surface area contributed by atoms with Crippen molar-refractivity contribution in [1.82, 2.24) is 24.4 Å². The maximum atomic E-state index is 10.8. The second-order valence-electron chi connectivity index (χ2n) is 6.57. The van der Waals surface area contributed by atoms with Gasteiger partial charge in [-0.15, -0.1) is 5.10 Å². The largest absolute Gasteiger partial charge is 0.492 e. The summed E-state index contributed by atoms with van der Waals surface area (Å²) in [5.41, 5.74) is 1.18. The van der Waals surface area contributed by atoms with E-state index >= 15 is 0 Å². The Morgan fingerprint density at radius 2 is 1.88 bits per heavy atom. The van der Waals surface area contributed by atoms with Gasteiger partial charge < -0.3 is 10.0 Å². The molecule has 0 aliphatic carbocycles. The molecular formula is C18H22BrN5OS. The van der Waals surface area contributed by atoms with Crippen molar-refractivity contribution in [3.63, 3.8) is 0 Å². The van der Waals surface area contributed by atoms with Gasteiger partial charge in [-0.25, -0.2) is 4.98 Å². The lowest BCUT2D eigenvalue weighted by molar-refractivity contribution is 0.113. The van der Waals surface area contributed by atoms with E-state index in [2.05, 4.69) is 67.0 Å². The molecule has 0 spiro atoms. The van der Waals surface area contributed by atoms with Crippen LogP contribution in [0, 0.1) is 6.92 Å². The predicted octanol–water partition coefficient (Wildman–Crippen LogP) is 3.29. The third-order valence-electron chi connectivity index (χ3n) is 4.96. The zero-order valence-electron chi connectivity index (χ0n) is 14.9. The van der Waals surface area contributed by atoms with Crippen LogP contribution in [0.1, 0.15) is 29.2 Å². The SMILES string of the molecule is CCN1CCN(C(c2ccc(Br)cc2)c2sc3nc(C)nn3c2O)CC1. The number of rotatable bonds is 4. The van der Waals surface area contributed by atoms with Gasteiger partial charge in [0.2, 0.25) is 10.8 Å². The summed E-state index contributed by atoms with van der Waals surface area (Å²) in [7, 11) is 0. The molecule has 0 radical (unpaired) electrons. The van der Waals surface area contributed by atoms with Gasteiger partial charge in [-0.05, 0) is 31.2 Å². The highest BCUT2D eigenvalue weighted by Crippen LogP contribution is 2.40.